The highest BCUT2D eigenvalue weighted by molar-refractivity contribution is 5.62. The normalized spacial score (nSPS) is 12.0. The molecular weight excluding hydrogens is 388 g/mol. The van der Waals surface area contributed by atoms with E-state index in [2.05, 4.69) is 9.97 Å². The zero-order chi connectivity index (χ0) is 21.7. The highest BCUT2D eigenvalue weighted by Crippen LogP contribution is 2.31. The maximum absolute atomic E-state index is 12.6. The fourth-order valence-corrected chi connectivity index (χ4v) is 3.06. The summed E-state index contributed by atoms with van der Waals surface area (Å²) in [5.74, 6) is 1.94. The first-order chi connectivity index (χ1) is 14.5. The van der Waals surface area contributed by atoms with Gasteiger partial charge in [-0.1, -0.05) is 24.3 Å². The van der Waals surface area contributed by atoms with Crippen molar-refractivity contribution in [3.05, 3.63) is 78.9 Å². The number of rotatable bonds is 6. The lowest BCUT2D eigenvalue weighted by Crippen LogP contribution is -2.46. The van der Waals surface area contributed by atoms with Crippen LogP contribution in [0.3, 0.4) is 0 Å². The van der Waals surface area contributed by atoms with Crippen LogP contribution in [0.25, 0.3) is 12.2 Å². The molecule has 2 aromatic carbocycles. The first-order valence-corrected chi connectivity index (χ1v) is 9.00. The van der Waals surface area contributed by atoms with Gasteiger partial charge in [-0.2, -0.15) is 0 Å². The molecule has 30 heavy (non-hydrogen) atoms. The number of aromatic nitrogens is 2. The molecule has 0 saturated heterocycles. The number of methoxy groups -OCH3 is 4. The molecule has 2 N–H and O–H groups in total. The molecule has 0 aliphatic heterocycles. The summed E-state index contributed by atoms with van der Waals surface area (Å²) in [6, 6.07) is 10.5. The van der Waals surface area contributed by atoms with Gasteiger partial charge >= 0.3 is 0 Å². The van der Waals surface area contributed by atoms with Crippen LogP contribution >= 0.6 is 0 Å². The number of H-pyrrole nitrogens is 2. The summed E-state index contributed by atoms with van der Waals surface area (Å²) in [6.45, 7) is 0. The van der Waals surface area contributed by atoms with E-state index in [4.69, 9.17) is 18.9 Å². The fourth-order valence-electron chi connectivity index (χ4n) is 3.06. The third-order valence-electron chi connectivity index (χ3n) is 4.45. The van der Waals surface area contributed by atoms with Gasteiger partial charge < -0.3 is 28.9 Å². The maximum atomic E-state index is 12.6. The molecule has 1 heterocycles. The van der Waals surface area contributed by atoms with Crippen molar-refractivity contribution < 1.29 is 18.9 Å². The van der Waals surface area contributed by atoms with Crippen LogP contribution in [0.5, 0.6) is 23.0 Å². The smallest absolute Gasteiger partial charge is 0.272 e. The Bertz CT molecular complexity index is 1190. The lowest BCUT2D eigenvalue weighted by Gasteiger charge is -2.10. The molecule has 156 valence electrons. The van der Waals surface area contributed by atoms with E-state index >= 15 is 0 Å². The van der Waals surface area contributed by atoms with Crippen molar-refractivity contribution in [2.24, 2.45) is 0 Å². The average Bonchev–Trinajstić information content (AvgIpc) is 2.76. The SMILES string of the molecule is COc1cccc(/C=c2\[nH]c(=O)/c(=C\c3cccc(OC)c3OC)[nH]c2=O)c1OC. The average molecular weight is 410 g/mol. The summed E-state index contributed by atoms with van der Waals surface area (Å²) < 4.78 is 21.3. The molecule has 3 aromatic rings. The Labute approximate surface area is 172 Å². The molecule has 8 heteroatoms. The third kappa shape index (κ3) is 4.07. The van der Waals surface area contributed by atoms with Gasteiger partial charge in [0.1, 0.15) is 10.7 Å². The molecule has 0 fully saturated rings. The van der Waals surface area contributed by atoms with Crippen LogP contribution in [0.4, 0.5) is 0 Å². The largest absolute Gasteiger partial charge is 0.493 e. The van der Waals surface area contributed by atoms with Gasteiger partial charge in [0.15, 0.2) is 23.0 Å². The van der Waals surface area contributed by atoms with Crippen LogP contribution in [0, 0.1) is 0 Å². The number of nitrogens with one attached hydrogen (secondary N) is 2. The molecule has 0 aliphatic rings. The van der Waals surface area contributed by atoms with E-state index in [0.29, 0.717) is 34.1 Å². The Morgan fingerprint density at radius 3 is 1.37 bits per heavy atom. The molecule has 0 saturated carbocycles. The van der Waals surface area contributed by atoms with E-state index in [1.165, 1.54) is 40.6 Å². The third-order valence-corrected chi connectivity index (χ3v) is 4.45. The van der Waals surface area contributed by atoms with Crippen molar-refractivity contribution >= 4 is 12.2 Å². The number of para-hydroxylation sites is 2. The van der Waals surface area contributed by atoms with Gasteiger partial charge in [-0.15, -0.1) is 0 Å². The van der Waals surface area contributed by atoms with E-state index in [9.17, 15) is 9.59 Å². The van der Waals surface area contributed by atoms with Crippen molar-refractivity contribution in [3.8, 4) is 23.0 Å². The van der Waals surface area contributed by atoms with E-state index in [1.54, 1.807) is 36.4 Å². The summed E-state index contributed by atoms with van der Waals surface area (Å²) in [4.78, 5) is 30.5. The molecule has 0 unspecified atom stereocenters. The van der Waals surface area contributed by atoms with Crippen molar-refractivity contribution in [1.29, 1.82) is 0 Å². The Kier molecular flexibility index (Phi) is 6.26. The monoisotopic (exact) mass is 410 g/mol. The van der Waals surface area contributed by atoms with Gasteiger partial charge in [0, 0.05) is 11.1 Å². The summed E-state index contributed by atoms with van der Waals surface area (Å²) in [5.41, 5.74) is 0.244. The zero-order valence-electron chi connectivity index (χ0n) is 17.1. The standard InChI is InChI=1S/C22H22N2O6/c1-27-17-9-5-7-13(19(17)29-3)11-15-21(25)24-16(22(26)23-15)12-14-8-6-10-18(28-2)20(14)30-4/h5-12H,1-4H3,(H,23,26)(H,24,25)/b15-11-,16-12+. The number of hydrogen-bond acceptors (Lipinski definition) is 6. The minimum absolute atomic E-state index is 0.0845. The van der Waals surface area contributed by atoms with Crippen LogP contribution in [-0.4, -0.2) is 38.4 Å². The second kappa shape index (κ2) is 9.04. The predicted octanol–water partition coefficient (Wildman–Crippen LogP) is 0.755. The second-order valence-electron chi connectivity index (χ2n) is 6.19. The molecule has 0 spiro atoms. The summed E-state index contributed by atoms with van der Waals surface area (Å²) in [7, 11) is 6.05. The van der Waals surface area contributed by atoms with Crippen LogP contribution < -0.4 is 40.8 Å². The van der Waals surface area contributed by atoms with Crippen molar-refractivity contribution in [2.75, 3.05) is 28.4 Å². The molecule has 0 atom stereocenters. The van der Waals surface area contributed by atoms with Crippen LogP contribution in [-0.2, 0) is 0 Å². The molecule has 0 aliphatic carbocycles. The Morgan fingerprint density at radius 1 is 0.633 bits per heavy atom. The van der Waals surface area contributed by atoms with Crippen LogP contribution in [0.2, 0.25) is 0 Å². The molecule has 0 amide bonds. The quantitative estimate of drug-likeness (QED) is 0.622. The number of ether oxygens (including phenoxy) is 4. The highest BCUT2D eigenvalue weighted by Gasteiger charge is 2.09. The van der Waals surface area contributed by atoms with Gasteiger partial charge in [0.05, 0.1) is 28.4 Å². The maximum Gasteiger partial charge on any atom is 0.272 e. The Balaban J connectivity index is 2.18. The van der Waals surface area contributed by atoms with Gasteiger partial charge in [-0.05, 0) is 24.3 Å². The number of benzene rings is 2. The van der Waals surface area contributed by atoms with Crippen LogP contribution in [0.15, 0.2) is 46.0 Å². The topological polar surface area (TPSA) is 103 Å². The zero-order valence-corrected chi connectivity index (χ0v) is 17.1. The van der Waals surface area contributed by atoms with Crippen molar-refractivity contribution in [1.82, 2.24) is 9.97 Å². The minimum Gasteiger partial charge on any atom is -0.493 e. The molecule has 3 rings (SSSR count). The van der Waals surface area contributed by atoms with Gasteiger partial charge in [0.2, 0.25) is 0 Å². The Morgan fingerprint density at radius 2 is 1.03 bits per heavy atom. The summed E-state index contributed by atoms with van der Waals surface area (Å²) >= 11 is 0. The highest BCUT2D eigenvalue weighted by atomic mass is 16.5. The molecule has 0 bridgehead atoms. The lowest BCUT2D eigenvalue weighted by molar-refractivity contribution is 0.354. The van der Waals surface area contributed by atoms with E-state index in [-0.39, 0.29) is 10.7 Å². The van der Waals surface area contributed by atoms with Gasteiger partial charge in [0.25, 0.3) is 11.1 Å². The second-order valence-corrected chi connectivity index (χ2v) is 6.19. The van der Waals surface area contributed by atoms with Crippen LogP contribution in [0.1, 0.15) is 11.1 Å². The Hall–Kier alpha value is -3.94. The molecule has 1 aromatic heterocycles. The minimum atomic E-state index is -0.465. The summed E-state index contributed by atoms with van der Waals surface area (Å²) in [6.07, 6.45) is 3.05. The lowest BCUT2D eigenvalue weighted by atomic mass is 10.1. The van der Waals surface area contributed by atoms with Gasteiger partial charge in [-0.25, -0.2) is 0 Å². The first kappa shape index (κ1) is 20.8. The van der Waals surface area contributed by atoms with Gasteiger partial charge in [-0.3, -0.25) is 9.59 Å². The number of aromatic amines is 2. The fraction of sp³-hybridized carbons (Fsp3) is 0.182. The van der Waals surface area contributed by atoms with E-state index in [0.717, 1.165) is 0 Å². The first-order valence-electron chi connectivity index (χ1n) is 9.00. The van der Waals surface area contributed by atoms with E-state index in [1.807, 2.05) is 0 Å². The molecular formula is C22H22N2O6. The van der Waals surface area contributed by atoms with E-state index < -0.39 is 11.1 Å². The molecule has 0 radical (unpaired) electrons. The predicted molar refractivity (Wildman–Crippen MR) is 113 cm³/mol. The summed E-state index contributed by atoms with van der Waals surface area (Å²) in [5, 5.41) is 0.169. The van der Waals surface area contributed by atoms with Crippen molar-refractivity contribution in [2.45, 2.75) is 0 Å². The number of hydrogen-bond donors (Lipinski definition) is 2. The van der Waals surface area contributed by atoms with Crippen molar-refractivity contribution in [3.63, 3.8) is 0 Å². The molecule has 8 nitrogen and oxygen atoms in total.